The van der Waals surface area contributed by atoms with Crippen LogP contribution in [0.1, 0.15) is 38.0 Å². The molecule has 2 atom stereocenters. The number of rotatable bonds is 3. The molecule has 0 radical (unpaired) electrons. The molecule has 0 spiro atoms. The lowest BCUT2D eigenvalue weighted by Gasteiger charge is -2.18. The van der Waals surface area contributed by atoms with Crippen molar-refractivity contribution in [3.8, 4) is 0 Å². The Hall–Kier alpha value is -2.50. The molecule has 0 saturated carbocycles. The van der Waals surface area contributed by atoms with Gasteiger partial charge in [-0.15, -0.1) is 0 Å². The standard InChI is InChI=1S/C17H21N3O3/c1-11(15-10-12-6-2-3-8-14(12)23-15)19-17(22)20-13-7-4-5-9-18-16(13)21/h2-3,6,8,10-11,13H,4-5,7,9H2,1H3,(H,18,21)(H2,19,20,22)/t11-,13-/m0/s1. The zero-order chi connectivity index (χ0) is 16.2. The summed E-state index contributed by atoms with van der Waals surface area (Å²) in [5.41, 5.74) is 0.791. The monoisotopic (exact) mass is 315 g/mol. The summed E-state index contributed by atoms with van der Waals surface area (Å²) < 4.78 is 5.74. The quantitative estimate of drug-likeness (QED) is 0.813. The molecule has 23 heavy (non-hydrogen) atoms. The van der Waals surface area contributed by atoms with Gasteiger partial charge in [-0.25, -0.2) is 4.79 Å². The highest BCUT2D eigenvalue weighted by atomic mass is 16.3. The number of carbonyl (C=O) groups is 2. The van der Waals surface area contributed by atoms with Crippen molar-refractivity contribution < 1.29 is 14.0 Å². The normalized spacial score (nSPS) is 19.7. The van der Waals surface area contributed by atoms with Gasteiger partial charge < -0.3 is 20.4 Å². The Labute approximate surface area is 134 Å². The minimum atomic E-state index is -0.472. The number of hydrogen-bond acceptors (Lipinski definition) is 3. The third kappa shape index (κ3) is 3.64. The maximum Gasteiger partial charge on any atom is 0.316 e. The molecule has 0 unspecified atom stereocenters. The Morgan fingerprint density at radius 2 is 2.17 bits per heavy atom. The van der Waals surface area contributed by atoms with Gasteiger partial charge in [0.15, 0.2) is 0 Å². The van der Waals surface area contributed by atoms with Gasteiger partial charge in [0.2, 0.25) is 5.91 Å². The molecule has 1 aliphatic rings. The lowest BCUT2D eigenvalue weighted by Crippen LogP contribution is -2.49. The van der Waals surface area contributed by atoms with Gasteiger partial charge in [0.25, 0.3) is 0 Å². The summed E-state index contributed by atoms with van der Waals surface area (Å²) in [4.78, 5) is 24.0. The molecule has 6 heteroatoms. The van der Waals surface area contributed by atoms with Gasteiger partial charge >= 0.3 is 6.03 Å². The van der Waals surface area contributed by atoms with Crippen molar-refractivity contribution in [1.29, 1.82) is 0 Å². The first-order valence-electron chi connectivity index (χ1n) is 7.97. The van der Waals surface area contributed by atoms with Crippen LogP contribution < -0.4 is 16.0 Å². The van der Waals surface area contributed by atoms with Crippen LogP contribution in [0, 0.1) is 0 Å². The number of carbonyl (C=O) groups excluding carboxylic acids is 2. The van der Waals surface area contributed by atoms with Crippen molar-refractivity contribution in [2.45, 2.75) is 38.3 Å². The highest BCUT2D eigenvalue weighted by Gasteiger charge is 2.23. The van der Waals surface area contributed by atoms with Crippen molar-refractivity contribution in [2.75, 3.05) is 6.54 Å². The predicted molar refractivity (Wildman–Crippen MR) is 86.9 cm³/mol. The third-order valence-corrected chi connectivity index (χ3v) is 4.06. The minimum Gasteiger partial charge on any atom is -0.459 e. The number of hydrogen-bond donors (Lipinski definition) is 3. The lowest BCUT2D eigenvalue weighted by molar-refractivity contribution is -0.122. The molecule has 0 bridgehead atoms. The largest absolute Gasteiger partial charge is 0.459 e. The highest BCUT2D eigenvalue weighted by Crippen LogP contribution is 2.23. The average molecular weight is 315 g/mol. The maximum atomic E-state index is 12.1. The van der Waals surface area contributed by atoms with Crippen LogP contribution >= 0.6 is 0 Å². The van der Waals surface area contributed by atoms with Crippen LogP contribution in [0.3, 0.4) is 0 Å². The summed E-state index contributed by atoms with van der Waals surface area (Å²) in [7, 11) is 0. The highest BCUT2D eigenvalue weighted by molar-refractivity contribution is 5.87. The molecule has 6 nitrogen and oxygen atoms in total. The summed E-state index contributed by atoms with van der Waals surface area (Å²) in [5, 5.41) is 9.36. The molecular formula is C17H21N3O3. The summed E-state index contributed by atoms with van der Waals surface area (Å²) in [6.45, 7) is 2.53. The first kappa shape index (κ1) is 15.4. The van der Waals surface area contributed by atoms with Gasteiger partial charge in [-0.2, -0.15) is 0 Å². The van der Waals surface area contributed by atoms with Crippen LogP contribution in [0.4, 0.5) is 4.79 Å². The van der Waals surface area contributed by atoms with Crippen molar-refractivity contribution in [3.05, 3.63) is 36.1 Å². The molecular weight excluding hydrogens is 294 g/mol. The van der Waals surface area contributed by atoms with E-state index in [4.69, 9.17) is 4.42 Å². The van der Waals surface area contributed by atoms with Gasteiger partial charge in [-0.1, -0.05) is 18.2 Å². The van der Waals surface area contributed by atoms with Crippen LogP contribution in [0.5, 0.6) is 0 Å². The fourth-order valence-corrected chi connectivity index (χ4v) is 2.76. The fraction of sp³-hybridized carbons (Fsp3) is 0.412. The SMILES string of the molecule is C[C@H](NC(=O)N[C@H]1CCCCNC1=O)c1cc2ccccc2o1. The predicted octanol–water partition coefficient (Wildman–Crippen LogP) is 2.46. The van der Waals surface area contributed by atoms with E-state index in [2.05, 4.69) is 16.0 Å². The molecule has 1 aromatic heterocycles. The van der Waals surface area contributed by atoms with Gasteiger partial charge in [-0.3, -0.25) is 4.79 Å². The van der Waals surface area contributed by atoms with E-state index in [9.17, 15) is 9.59 Å². The zero-order valence-corrected chi connectivity index (χ0v) is 13.1. The van der Waals surface area contributed by atoms with E-state index in [1.165, 1.54) is 0 Å². The van der Waals surface area contributed by atoms with Crippen molar-refractivity contribution in [3.63, 3.8) is 0 Å². The molecule has 3 N–H and O–H groups in total. The molecule has 2 aromatic rings. The van der Waals surface area contributed by atoms with E-state index < -0.39 is 6.04 Å². The molecule has 1 aliphatic heterocycles. The second-order valence-electron chi connectivity index (χ2n) is 5.87. The Bertz CT molecular complexity index is 677. The van der Waals surface area contributed by atoms with Crippen LogP contribution in [-0.2, 0) is 4.79 Å². The average Bonchev–Trinajstić information content (AvgIpc) is 2.87. The number of fused-ring (bicyclic) bond motifs is 1. The van der Waals surface area contributed by atoms with Gasteiger partial charge in [0.05, 0.1) is 6.04 Å². The molecule has 0 aliphatic carbocycles. The van der Waals surface area contributed by atoms with E-state index in [0.29, 0.717) is 18.7 Å². The van der Waals surface area contributed by atoms with Crippen LogP contribution in [0.15, 0.2) is 34.7 Å². The number of nitrogens with one attached hydrogen (secondary N) is 3. The summed E-state index contributed by atoms with van der Waals surface area (Å²) in [5.74, 6) is 0.570. The van der Waals surface area contributed by atoms with Crippen LogP contribution in [0.2, 0.25) is 0 Å². The molecule has 1 saturated heterocycles. The second kappa shape index (κ2) is 6.73. The van der Waals surface area contributed by atoms with E-state index >= 15 is 0 Å². The number of benzene rings is 1. The van der Waals surface area contributed by atoms with Gasteiger partial charge in [0.1, 0.15) is 17.4 Å². The molecule has 3 rings (SSSR count). The van der Waals surface area contributed by atoms with E-state index in [0.717, 1.165) is 23.8 Å². The number of urea groups is 1. The molecule has 2 heterocycles. The molecule has 122 valence electrons. The van der Waals surface area contributed by atoms with Crippen LogP contribution in [0.25, 0.3) is 11.0 Å². The number of para-hydroxylation sites is 1. The molecule has 3 amide bonds. The lowest BCUT2D eigenvalue weighted by atomic mass is 10.1. The third-order valence-electron chi connectivity index (χ3n) is 4.06. The maximum absolute atomic E-state index is 12.1. The minimum absolute atomic E-state index is 0.117. The van der Waals surface area contributed by atoms with Gasteiger partial charge in [0, 0.05) is 11.9 Å². The Balaban J connectivity index is 1.61. The molecule has 1 aromatic carbocycles. The first-order valence-corrected chi connectivity index (χ1v) is 7.97. The van der Waals surface area contributed by atoms with Crippen molar-refractivity contribution >= 4 is 22.9 Å². The van der Waals surface area contributed by atoms with Gasteiger partial charge in [-0.05, 0) is 38.3 Å². The van der Waals surface area contributed by atoms with E-state index in [1.54, 1.807) is 0 Å². The molecule has 1 fully saturated rings. The zero-order valence-electron chi connectivity index (χ0n) is 13.1. The topological polar surface area (TPSA) is 83.4 Å². The summed E-state index contributed by atoms with van der Waals surface area (Å²) >= 11 is 0. The smallest absolute Gasteiger partial charge is 0.316 e. The second-order valence-corrected chi connectivity index (χ2v) is 5.87. The number of furan rings is 1. The van der Waals surface area contributed by atoms with Crippen molar-refractivity contribution in [2.24, 2.45) is 0 Å². The first-order chi connectivity index (χ1) is 11.1. The van der Waals surface area contributed by atoms with Crippen LogP contribution in [-0.4, -0.2) is 24.5 Å². The Morgan fingerprint density at radius 1 is 1.35 bits per heavy atom. The number of amides is 3. The van der Waals surface area contributed by atoms with E-state index in [1.807, 2.05) is 37.3 Å². The summed E-state index contributed by atoms with van der Waals surface area (Å²) in [6, 6.07) is 8.50. The summed E-state index contributed by atoms with van der Waals surface area (Å²) in [6.07, 6.45) is 2.53. The Morgan fingerprint density at radius 3 is 3.00 bits per heavy atom. The Kier molecular flexibility index (Phi) is 4.50. The van der Waals surface area contributed by atoms with Crippen molar-refractivity contribution in [1.82, 2.24) is 16.0 Å². The van der Waals surface area contributed by atoms with E-state index in [-0.39, 0.29) is 18.0 Å². The fourth-order valence-electron chi connectivity index (χ4n) is 2.76.